The van der Waals surface area contributed by atoms with E-state index in [9.17, 15) is 0 Å². The Kier molecular flexibility index (Phi) is 4.49. The third-order valence-corrected chi connectivity index (χ3v) is 6.62. The van der Waals surface area contributed by atoms with Gasteiger partial charge in [-0.05, 0) is 60.7 Å². The van der Waals surface area contributed by atoms with Crippen molar-refractivity contribution >= 4 is 28.9 Å². The molecule has 0 spiro atoms. The second-order valence-electron chi connectivity index (χ2n) is 7.68. The smallest absolute Gasteiger partial charge is 0.232 e. The minimum atomic E-state index is 0.261. The summed E-state index contributed by atoms with van der Waals surface area (Å²) in [5.41, 5.74) is 9.64. The van der Waals surface area contributed by atoms with E-state index < -0.39 is 0 Å². The van der Waals surface area contributed by atoms with Gasteiger partial charge in [0, 0.05) is 23.2 Å². The van der Waals surface area contributed by atoms with Crippen molar-refractivity contribution < 1.29 is 0 Å². The molecule has 6 nitrogen and oxygen atoms in total. The molecule has 1 saturated carbocycles. The fraction of sp³-hybridized carbons (Fsp3) is 0.381. The predicted octanol–water partition coefficient (Wildman–Crippen LogP) is 4.08. The van der Waals surface area contributed by atoms with Gasteiger partial charge in [0.2, 0.25) is 11.9 Å². The number of nitrogen functional groups attached to an aromatic ring is 1. The van der Waals surface area contributed by atoms with Gasteiger partial charge in [0.25, 0.3) is 0 Å². The summed E-state index contributed by atoms with van der Waals surface area (Å²) in [7, 11) is 0. The van der Waals surface area contributed by atoms with E-state index in [4.69, 9.17) is 5.73 Å². The highest BCUT2D eigenvalue weighted by atomic mass is 32.1. The first kappa shape index (κ1) is 17.6. The van der Waals surface area contributed by atoms with E-state index in [-0.39, 0.29) is 5.95 Å². The highest BCUT2D eigenvalue weighted by Crippen LogP contribution is 2.48. The monoisotopic (exact) mass is 392 g/mol. The van der Waals surface area contributed by atoms with Gasteiger partial charge in [-0.25, -0.2) is 0 Å². The molecule has 1 fully saturated rings. The summed E-state index contributed by atoms with van der Waals surface area (Å²) in [5, 5.41) is 5.52. The largest absolute Gasteiger partial charge is 0.368 e. The Morgan fingerprint density at radius 1 is 1.18 bits per heavy atom. The van der Waals surface area contributed by atoms with Gasteiger partial charge in [0.1, 0.15) is 5.82 Å². The molecule has 3 N–H and O–H groups in total. The number of thiophene rings is 1. The fourth-order valence-corrected chi connectivity index (χ4v) is 5.03. The fourth-order valence-electron chi connectivity index (χ4n) is 4.12. The molecular weight excluding hydrogens is 368 g/mol. The molecule has 0 amide bonds. The lowest BCUT2D eigenvalue weighted by molar-refractivity contribution is 0.154. The summed E-state index contributed by atoms with van der Waals surface area (Å²) < 4.78 is 0. The van der Waals surface area contributed by atoms with Crippen LogP contribution in [0.25, 0.3) is 0 Å². The Morgan fingerprint density at radius 2 is 2.04 bits per heavy atom. The van der Waals surface area contributed by atoms with E-state index >= 15 is 0 Å². The molecule has 28 heavy (non-hydrogen) atoms. The molecule has 1 aliphatic carbocycles. The quantitative estimate of drug-likeness (QED) is 0.681. The molecule has 5 rings (SSSR count). The molecule has 7 heteroatoms. The molecule has 2 aromatic heterocycles. The number of nitrogens with two attached hydrogens (primary N) is 1. The summed E-state index contributed by atoms with van der Waals surface area (Å²) in [5.74, 6) is 2.26. The second-order valence-corrected chi connectivity index (χ2v) is 8.68. The molecule has 1 aliphatic heterocycles. The zero-order valence-corrected chi connectivity index (χ0v) is 16.7. The second kappa shape index (κ2) is 7.14. The van der Waals surface area contributed by atoms with Crippen molar-refractivity contribution in [1.29, 1.82) is 0 Å². The van der Waals surface area contributed by atoms with E-state index in [0.717, 1.165) is 36.0 Å². The van der Waals surface area contributed by atoms with Gasteiger partial charge in [0.05, 0.1) is 6.54 Å². The predicted molar refractivity (Wildman–Crippen MR) is 113 cm³/mol. The van der Waals surface area contributed by atoms with Crippen molar-refractivity contribution in [3.05, 3.63) is 57.5 Å². The van der Waals surface area contributed by atoms with Gasteiger partial charge >= 0.3 is 0 Å². The van der Waals surface area contributed by atoms with Gasteiger partial charge in [0.15, 0.2) is 0 Å². The van der Waals surface area contributed by atoms with Gasteiger partial charge in [-0.2, -0.15) is 15.0 Å². The average molecular weight is 393 g/mol. The summed E-state index contributed by atoms with van der Waals surface area (Å²) >= 11 is 1.89. The third-order valence-electron chi connectivity index (χ3n) is 5.62. The van der Waals surface area contributed by atoms with Crippen molar-refractivity contribution in [1.82, 2.24) is 19.9 Å². The first-order valence-electron chi connectivity index (χ1n) is 9.81. The lowest BCUT2D eigenvalue weighted by atomic mass is 9.96. The first-order valence-corrected chi connectivity index (χ1v) is 10.7. The SMILES string of the molecule is Cc1ccccc1Nc1nc(N)nc(CN2CCc3sccc3[C@H]2C2CC2)n1. The standard InChI is InChI=1S/C21H24N6S/c1-13-4-2-3-5-16(13)23-21-25-18(24-20(22)26-21)12-27-10-8-17-15(9-11-28-17)19(27)14-6-7-14/h2-5,9,11,14,19H,6-8,10,12H2,1H3,(H3,22,23,24,25,26)/t19-/m1/s1. The van der Waals surface area contributed by atoms with Crippen LogP contribution in [-0.2, 0) is 13.0 Å². The number of fused-ring (bicyclic) bond motifs is 1. The van der Waals surface area contributed by atoms with Crippen LogP contribution < -0.4 is 11.1 Å². The maximum Gasteiger partial charge on any atom is 0.232 e. The number of aromatic nitrogens is 3. The molecule has 1 aromatic carbocycles. The first-order chi connectivity index (χ1) is 13.7. The number of rotatable bonds is 5. The Morgan fingerprint density at radius 3 is 2.86 bits per heavy atom. The zero-order valence-electron chi connectivity index (χ0n) is 15.9. The Bertz CT molecular complexity index is 996. The summed E-state index contributed by atoms with van der Waals surface area (Å²) in [4.78, 5) is 17.5. The Hall–Kier alpha value is -2.51. The minimum Gasteiger partial charge on any atom is -0.368 e. The zero-order chi connectivity index (χ0) is 19.1. The van der Waals surface area contributed by atoms with E-state index in [1.807, 2.05) is 29.5 Å². The molecule has 3 aromatic rings. The molecule has 144 valence electrons. The van der Waals surface area contributed by atoms with Gasteiger partial charge in [-0.3, -0.25) is 4.90 Å². The van der Waals surface area contributed by atoms with E-state index in [1.165, 1.54) is 18.4 Å². The number of benzene rings is 1. The van der Waals surface area contributed by atoms with Crippen LogP contribution in [0.5, 0.6) is 0 Å². The maximum atomic E-state index is 6.00. The summed E-state index contributed by atoms with van der Waals surface area (Å²) in [6.07, 6.45) is 3.73. The number of nitrogens with one attached hydrogen (secondary N) is 1. The van der Waals surface area contributed by atoms with Crippen LogP contribution in [0.4, 0.5) is 17.6 Å². The lowest BCUT2D eigenvalue weighted by Crippen LogP contribution is -2.36. The van der Waals surface area contributed by atoms with Gasteiger partial charge in [-0.1, -0.05) is 18.2 Å². The van der Waals surface area contributed by atoms with Crippen LogP contribution in [-0.4, -0.2) is 26.4 Å². The normalized spacial score (nSPS) is 19.4. The maximum absolute atomic E-state index is 6.00. The van der Waals surface area contributed by atoms with Crippen LogP contribution in [0.3, 0.4) is 0 Å². The van der Waals surface area contributed by atoms with E-state index in [2.05, 4.69) is 49.6 Å². The van der Waals surface area contributed by atoms with Crippen LogP contribution in [0, 0.1) is 12.8 Å². The van der Waals surface area contributed by atoms with Crippen LogP contribution in [0.15, 0.2) is 35.7 Å². The number of anilines is 3. The summed E-state index contributed by atoms with van der Waals surface area (Å²) in [6, 6.07) is 10.9. The minimum absolute atomic E-state index is 0.261. The Balaban J connectivity index is 1.39. The van der Waals surface area contributed by atoms with E-state index in [0.29, 0.717) is 18.5 Å². The lowest BCUT2D eigenvalue weighted by Gasteiger charge is -2.35. The highest BCUT2D eigenvalue weighted by Gasteiger charge is 2.40. The van der Waals surface area contributed by atoms with Crippen molar-refractivity contribution in [2.75, 3.05) is 17.6 Å². The number of hydrogen-bond acceptors (Lipinski definition) is 7. The molecule has 0 radical (unpaired) electrons. The number of para-hydroxylation sites is 1. The third kappa shape index (κ3) is 3.47. The van der Waals surface area contributed by atoms with Crippen LogP contribution in [0.1, 0.15) is 40.7 Å². The van der Waals surface area contributed by atoms with Crippen molar-refractivity contribution in [3.63, 3.8) is 0 Å². The number of aryl methyl sites for hydroxylation is 1. The molecular formula is C21H24N6S. The summed E-state index contributed by atoms with van der Waals surface area (Å²) in [6.45, 7) is 3.80. The Labute approximate surface area is 168 Å². The van der Waals surface area contributed by atoms with Gasteiger partial charge < -0.3 is 11.1 Å². The molecule has 0 saturated heterocycles. The number of hydrogen-bond donors (Lipinski definition) is 2. The topological polar surface area (TPSA) is 80.0 Å². The van der Waals surface area contributed by atoms with E-state index in [1.54, 1.807) is 4.88 Å². The molecule has 1 atom stereocenters. The molecule has 3 heterocycles. The van der Waals surface area contributed by atoms with Gasteiger partial charge in [-0.15, -0.1) is 11.3 Å². The average Bonchev–Trinajstić information content (AvgIpc) is 3.39. The van der Waals surface area contributed by atoms with Crippen molar-refractivity contribution in [2.45, 2.75) is 38.8 Å². The van der Waals surface area contributed by atoms with Crippen LogP contribution in [0.2, 0.25) is 0 Å². The molecule has 0 unspecified atom stereocenters. The van der Waals surface area contributed by atoms with Crippen LogP contribution >= 0.6 is 11.3 Å². The highest BCUT2D eigenvalue weighted by molar-refractivity contribution is 7.10. The van der Waals surface area contributed by atoms with Crippen molar-refractivity contribution in [3.8, 4) is 0 Å². The van der Waals surface area contributed by atoms with Crippen molar-refractivity contribution in [2.24, 2.45) is 5.92 Å². The number of nitrogens with zero attached hydrogens (tertiary/aromatic N) is 4. The molecule has 0 bridgehead atoms. The molecule has 2 aliphatic rings.